The number of benzene rings is 2. The third kappa shape index (κ3) is 3.31. The first-order chi connectivity index (χ1) is 11.1. The van der Waals surface area contributed by atoms with E-state index in [2.05, 4.69) is 4.74 Å². The van der Waals surface area contributed by atoms with Gasteiger partial charge in [0.1, 0.15) is 11.6 Å². The van der Waals surface area contributed by atoms with Crippen molar-refractivity contribution in [2.24, 2.45) is 0 Å². The van der Waals surface area contributed by atoms with E-state index in [4.69, 9.17) is 0 Å². The van der Waals surface area contributed by atoms with Crippen LogP contribution in [0.5, 0.6) is 0 Å². The molecule has 0 atom stereocenters. The fraction of sp³-hybridized carbons (Fsp3) is 0.211. The smallest absolute Gasteiger partial charge is 0.305 e. The van der Waals surface area contributed by atoms with E-state index in [1.807, 2.05) is 18.2 Å². The van der Waals surface area contributed by atoms with Gasteiger partial charge in [-0.25, -0.2) is 8.78 Å². The third-order valence-electron chi connectivity index (χ3n) is 4.04. The molecule has 0 spiro atoms. The fourth-order valence-electron chi connectivity index (χ4n) is 2.83. The fourth-order valence-corrected chi connectivity index (χ4v) is 2.83. The van der Waals surface area contributed by atoms with Gasteiger partial charge in [0.15, 0.2) is 0 Å². The molecular formula is C19H16F2O2. The predicted octanol–water partition coefficient (Wildman–Crippen LogP) is 4.52. The molecule has 1 aliphatic rings. The van der Waals surface area contributed by atoms with Gasteiger partial charge in [0, 0.05) is 12.0 Å². The highest BCUT2D eigenvalue weighted by atomic mass is 19.1. The summed E-state index contributed by atoms with van der Waals surface area (Å²) in [6.07, 6.45) is 3.76. The van der Waals surface area contributed by atoms with Crippen LogP contribution in [0.1, 0.15) is 24.0 Å². The zero-order valence-corrected chi connectivity index (χ0v) is 12.7. The van der Waals surface area contributed by atoms with E-state index in [1.165, 1.54) is 13.2 Å². The maximum Gasteiger partial charge on any atom is 0.305 e. The molecule has 0 aromatic heterocycles. The zero-order valence-electron chi connectivity index (χ0n) is 12.7. The Morgan fingerprint density at radius 2 is 2.00 bits per heavy atom. The lowest BCUT2D eigenvalue weighted by molar-refractivity contribution is -0.140. The molecule has 2 nitrogen and oxygen atoms in total. The Morgan fingerprint density at radius 1 is 1.17 bits per heavy atom. The monoisotopic (exact) mass is 314 g/mol. The number of carbonyl (C=O) groups is 1. The molecular weight excluding hydrogens is 298 g/mol. The number of carbonyl (C=O) groups excluding carboxylic acids is 1. The molecule has 0 radical (unpaired) electrons. The number of hydrogen-bond acceptors (Lipinski definition) is 2. The molecule has 2 aromatic rings. The van der Waals surface area contributed by atoms with Gasteiger partial charge in [-0.05, 0) is 47.7 Å². The Bertz CT molecular complexity index is 794. The lowest BCUT2D eigenvalue weighted by Crippen LogP contribution is -2.00. The quantitative estimate of drug-likeness (QED) is 0.775. The summed E-state index contributed by atoms with van der Waals surface area (Å²) in [5.74, 6) is -1.13. The number of hydrogen-bond donors (Lipinski definition) is 0. The van der Waals surface area contributed by atoms with Gasteiger partial charge in [-0.1, -0.05) is 29.8 Å². The van der Waals surface area contributed by atoms with E-state index in [-0.39, 0.29) is 11.5 Å². The minimum absolute atomic E-state index is 0.232. The summed E-state index contributed by atoms with van der Waals surface area (Å²) in [6.45, 7) is 0. The molecule has 0 saturated carbocycles. The van der Waals surface area contributed by atoms with Crippen molar-refractivity contribution < 1.29 is 18.3 Å². The summed E-state index contributed by atoms with van der Waals surface area (Å²) in [4.78, 5) is 11.2. The number of fused-ring (bicyclic) bond motifs is 1. The molecule has 23 heavy (non-hydrogen) atoms. The second-order valence-electron chi connectivity index (χ2n) is 5.59. The molecule has 2 aromatic carbocycles. The van der Waals surface area contributed by atoms with Crippen LogP contribution < -0.4 is 0 Å². The largest absolute Gasteiger partial charge is 0.469 e. The normalized spacial score (nSPS) is 12.7. The van der Waals surface area contributed by atoms with Crippen LogP contribution in [0.15, 0.2) is 42.0 Å². The number of allylic oxidation sites excluding steroid dienone is 1. The van der Waals surface area contributed by atoms with E-state index in [1.54, 1.807) is 6.07 Å². The number of esters is 1. The Morgan fingerprint density at radius 3 is 2.78 bits per heavy atom. The first-order valence-corrected chi connectivity index (χ1v) is 7.41. The van der Waals surface area contributed by atoms with Crippen LogP contribution >= 0.6 is 0 Å². The van der Waals surface area contributed by atoms with Crippen LogP contribution in [0.3, 0.4) is 0 Å². The highest BCUT2D eigenvalue weighted by Gasteiger charge is 2.16. The van der Waals surface area contributed by atoms with Crippen LogP contribution in [0, 0.1) is 11.6 Å². The summed E-state index contributed by atoms with van der Waals surface area (Å²) in [5, 5.41) is 0. The van der Waals surface area contributed by atoms with Crippen LogP contribution in [-0.2, 0) is 16.0 Å². The van der Waals surface area contributed by atoms with Crippen molar-refractivity contribution in [3.8, 4) is 11.1 Å². The first kappa shape index (κ1) is 15.4. The molecule has 0 amide bonds. The molecule has 0 bridgehead atoms. The van der Waals surface area contributed by atoms with Gasteiger partial charge in [0.2, 0.25) is 0 Å². The second kappa shape index (κ2) is 6.32. The van der Waals surface area contributed by atoms with E-state index in [0.717, 1.165) is 35.3 Å². The molecule has 0 heterocycles. The van der Waals surface area contributed by atoms with E-state index in [9.17, 15) is 13.6 Å². The summed E-state index contributed by atoms with van der Waals surface area (Å²) in [7, 11) is 1.37. The standard InChI is InChI=1S/C19H16F2O2/c1-23-19(22)7-2-12-8-13-3-4-14(10-15(13)9-12)17-11-16(20)5-6-18(17)21/h3-6,8,10-11H,2,7,9H2,1H3. The van der Waals surface area contributed by atoms with E-state index in [0.29, 0.717) is 18.4 Å². The average Bonchev–Trinajstić information content (AvgIpc) is 2.96. The Balaban J connectivity index is 1.80. The van der Waals surface area contributed by atoms with Crippen LogP contribution in [0.4, 0.5) is 8.78 Å². The lowest BCUT2D eigenvalue weighted by atomic mass is 9.99. The summed E-state index contributed by atoms with van der Waals surface area (Å²) < 4.78 is 31.9. The average molecular weight is 314 g/mol. The Kier molecular flexibility index (Phi) is 4.24. The lowest BCUT2D eigenvalue weighted by Gasteiger charge is -2.07. The van der Waals surface area contributed by atoms with Gasteiger partial charge in [-0.2, -0.15) is 0 Å². The highest BCUT2D eigenvalue weighted by molar-refractivity contribution is 5.73. The summed E-state index contributed by atoms with van der Waals surface area (Å²) >= 11 is 0. The molecule has 3 rings (SSSR count). The number of ether oxygens (including phenoxy) is 1. The Hall–Kier alpha value is -2.49. The van der Waals surface area contributed by atoms with Crippen molar-refractivity contribution in [2.75, 3.05) is 7.11 Å². The molecule has 1 aliphatic carbocycles. The van der Waals surface area contributed by atoms with Gasteiger partial charge in [0.25, 0.3) is 0 Å². The van der Waals surface area contributed by atoms with E-state index >= 15 is 0 Å². The summed E-state index contributed by atoms with van der Waals surface area (Å²) in [5.41, 5.74) is 4.18. The predicted molar refractivity (Wildman–Crippen MR) is 84.7 cm³/mol. The minimum atomic E-state index is -0.459. The number of halogens is 2. The Labute approximate surface area is 133 Å². The maximum absolute atomic E-state index is 13.9. The number of methoxy groups -OCH3 is 1. The molecule has 0 unspecified atom stereocenters. The van der Waals surface area contributed by atoms with Crippen molar-refractivity contribution in [1.82, 2.24) is 0 Å². The van der Waals surface area contributed by atoms with Gasteiger partial charge < -0.3 is 4.74 Å². The van der Waals surface area contributed by atoms with Gasteiger partial charge >= 0.3 is 5.97 Å². The van der Waals surface area contributed by atoms with Crippen LogP contribution in [0.2, 0.25) is 0 Å². The second-order valence-corrected chi connectivity index (χ2v) is 5.59. The molecule has 4 heteroatoms. The van der Waals surface area contributed by atoms with Crippen molar-refractivity contribution in [2.45, 2.75) is 19.3 Å². The highest BCUT2D eigenvalue weighted by Crippen LogP contribution is 2.32. The summed E-state index contributed by atoms with van der Waals surface area (Å²) in [6, 6.07) is 9.03. The van der Waals surface area contributed by atoms with Crippen molar-refractivity contribution in [1.29, 1.82) is 0 Å². The number of rotatable bonds is 4. The SMILES string of the molecule is COC(=O)CCC1=Cc2ccc(-c3cc(F)ccc3F)cc2C1. The topological polar surface area (TPSA) is 26.3 Å². The molecule has 0 saturated heterocycles. The van der Waals surface area contributed by atoms with Gasteiger partial charge in [-0.3, -0.25) is 4.79 Å². The van der Waals surface area contributed by atoms with Gasteiger partial charge in [0.05, 0.1) is 7.11 Å². The first-order valence-electron chi connectivity index (χ1n) is 7.41. The van der Waals surface area contributed by atoms with Crippen LogP contribution in [-0.4, -0.2) is 13.1 Å². The van der Waals surface area contributed by atoms with E-state index < -0.39 is 11.6 Å². The zero-order chi connectivity index (χ0) is 16.4. The van der Waals surface area contributed by atoms with Crippen molar-refractivity contribution in [3.05, 3.63) is 64.7 Å². The molecule has 0 fully saturated rings. The van der Waals surface area contributed by atoms with Gasteiger partial charge in [-0.15, -0.1) is 0 Å². The van der Waals surface area contributed by atoms with Crippen molar-refractivity contribution in [3.63, 3.8) is 0 Å². The molecule has 0 N–H and O–H groups in total. The molecule has 118 valence electrons. The van der Waals surface area contributed by atoms with Crippen LogP contribution in [0.25, 0.3) is 17.2 Å². The van der Waals surface area contributed by atoms with Crippen molar-refractivity contribution >= 4 is 12.0 Å². The third-order valence-corrected chi connectivity index (χ3v) is 4.04. The molecule has 0 aliphatic heterocycles. The maximum atomic E-state index is 13.9. The minimum Gasteiger partial charge on any atom is -0.469 e.